The van der Waals surface area contributed by atoms with Gasteiger partial charge in [0.05, 0.1) is 0 Å². The molecule has 0 fully saturated rings. The highest BCUT2D eigenvalue weighted by Crippen LogP contribution is 2.21. The molecule has 0 radical (unpaired) electrons. The van der Waals surface area contributed by atoms with E-state index in [9.17, 15) is 17.2 Å². The minimum atomic E-state index is -4.01. The van der Waals surface area contributed by atoms with Crippen LogP contribution >= 0.6 is 0 Å². The third kappa shape index (κ3) is 3.28. The fourth-order valence-electron chi connectivity index (χ4n) is 2.73. The minimum Gasteiger partial charge on any atom is -0.335 e. The maximum atomic E-state index is 13.8. The summed E-state index contributed by atoms with van der Waals surface area (Å²) in [6.07, 6.45) is 5.10. The van der Waals surface area contributed by atoms with Crippen LogP contribution in [-0.2, 0) is 23.0 Å². The number of hydrogen-bond donors (Lipinski definition) is 1. The average molecular weight is 341 g/mol. The quantitative estimate of drug-likeness (QED) is 0.925. The fraction of sp³-hybridized carbons (Fsp3) is 0.400. The van der Waals surface area contributed by atoms with Crippen LogP contribution in [0.25, 0.3) is 0 Å². The maximum absolute atomic E-state index is 13.8. The normalized spacial score (nSPS) is 18.0. The van der Waals surface area contributed by atoms with E-state index in [0.717, 1.165) is 24.9 Å². The number of halogens is 2. The lowest BCUT2D eigenvalue weighted by Crippen LogP contribution is -2.33. The van der Waals surface area contributed by atoms with Crippen LogP contribution in [0.3, 0.4) is 0 Å². The molecule has 0 unspecified atom stereocenters. The molecule has 1 aromatic heterocycles. The topological polar surface area (TPSA) is 64.0 Å². The van der Waals surface area contributed by atoms with E-state index in [1.807, 2.05) is 10.8 Å². The lowest BCUT2D eigenvalue weighted by molar-refractivity contribution is 0.379. The van der Waals surface area contributed by atoms with Crippen LogP contribution in [0.15, 0.2) is 29.4 Å². The number of hydrogen-bond acceptors (Lipinski definition) is 3. The second-order valence-corrected chi connectivity index (χ2v) is 7.51. The van der Waals surface area contributed by atoms with Crippen LogP contribution in [0.2, 0.25) is 0 Å². The van der Waals surface area contributed by atoms with Gasteiger partial charge in [-0.3, -0.25) is 0 Å². The summed E-state index contributed by atoms with van der Waals surface area (Å²) in [5.41, 5.74) is 0.0893. The molecule has 0 spiro atoms. The second-order valence-electron chi connectivity index (χ2n) is 5.78. The molecule has 1 aliphatic heterocycles. The van der Waals surface area contributed by atoms with Gasteiger partial charge in [-0.05, 0) is 30.9 Å². The minimum absolute atomic E-state index is 0.0893. The van der Waals surface area contributed by atoms with E-state index in [-0.39, 0.29) is 18.0 Å². The van der Waals surface area contributed by atoms with Crippen molar-refractivity contribution in [3.8, 4) is 0 Å². The molecular formula is C15H17F2N3O2S. The summed E-state index contributed by atoms with van der Waals surface area (Å²) in [6.45, 7) is 2.38. The molecule has 1 atom stereocenters. The van der Waals surface area contributed by atoms with Crippen LogP contribution < -0.4 is 4.72 Å². The first-order chi connectivity index (χ1) is 10.9. The Labute approximate surface area is 133 Å². The summed E-state index contributed by atoms with van der Waals surface area (Å²) in [4.78, 5) is 3.71. The first-order valence-corrected chi connectivity index (χ1v) is 8.80. The van der Waals surface area contributed by atoms with Crippen LogP contribution in [-0.4, -0.2) is 24.5 Å². The molecule has 0 saturated carbocycles. The highest BCUT2D eigenvalue weighted by atomic mass is 32.2. The second kappa shape index (κ2) is 6.01. The van der Waals surface area contributed by atoms with Gasteiger partial charge >= 0.3 is 0 Å². The summed E-state index contributed by atoms with van der Waals surface area (Å²) >= 11 is 0. The Morgan fingerprint density at radius 1 is 1.35 bits per heavy atom. The standard InChI is InChI=1S/C15H17F2N3O2S/c1-10-6-14(13(17)8-12(10)16)23(21,22)19-9-11-2-4-20-5-3-18-15(20)7-11/h3,5-6,8,11,19H,2,4,7,9H2,1H3/t11-/m0/s1. The zero-order valence-electron chi connectivity index (χ0n) is 12.6. The Morgan fingerprint density at radius 2 is 2.13 bits per heavy atom. The van der Waals surface area contributed by atoms with Crippen LogP contribution in [0, 0.1) is 24.5 Å². The molecule has 3 rings (SSSR count). The van der Waals surface area contributed by atoms with Gasteiger partial charge in [-0.1, -0.05) is 0 Å². The predicted molar refractivity (Wildman–Crippen MR) is 80.3 cm³/mol. The number of nitrogens with zero attached hydrogens (tertiary/aromatic N) is 2. The van der Waals surface area contributed by atoms with E-state index in [1.54, 1.807) is 6.20 Å². The Bertz CT molecular complexity index is 833. The Balaban J connectivity index is 1.72. The Hall–Kier alpha value is -1.80. The van der Waals surface area contributed by atoms with Gasteiger partial charge in [0, 0.05) is 38.0 Å². The molecule has 8 heteroatoms. The molecule has 0 amide bonds. The predicted octanol–water partition coefficient (Wildman–Crippen LogP) is 2.01. The van der Waals surface area contributed by atoms with E-state index in [2.05, 4.69) is 9.71 Å². The highest BCUT2D eigenvalue weighted by Gasteiger charge is 2.24. The summed E-state index contributed by atoms with van der Waals surface area (Å²) in [6, 6.07) is 1.61. The summed E-state index contributed by atoms with van der Waals surface area (Å²) in [5, 5.41) is 0. The number of imidazole rings is 1. The monoisotopic (exact) mass is 341 g/mol. The van der Waals surface area contributed by atoms with E-state index >= 15 is 0 Å². The average Bonchev–Trinajstić information content (AvgIpc) is 2.96. The molecule has 0 saturated heterocycles. The van der Waals surface area contributed by atoms with Crippen molar-refractivity contribution in [2.75, 3.05) is 6.54 Å². The zero-order valence-corrected chi connectivity index (χ0v) is 13.4. The first-order valence-electron chi connectivity index (χ1n) is 7.32. The van der Waals surface area contributed by atoms with Crippen molar-refractivity contribution in [2.45, 2.75) is 31.2 Å². The van der Waals surface area contributed by atoms with Gasteiger partial charge in [-0.15, -0.1) is 0 Å². The van der Waals surface area contributed by atoms with Gasteiger partial charge < -0.3 is 4.57 Å². The molecule has 124 valence electrons. The van der Waals surface area contributed by atoms with Crippen molar-refractivity contribution in [2.24, 2.45) is 5.92 Å². The molecule has 23 heavy (non-hydrogen) atoms. The van der Waals surface area contributed by atoms with Gasteiger partial charge in [0.25, 0.3) is 0 Å². The molecular weight excluding hydrogens is 324 g/mol. The molecule has 1 N–H and O–H groups in total. The summed E-state index contributed by atoms with van der Waals surface area (Å²) in [7, 11) is -4.01. The number of nitrogens with one attached hydrogen (secondary N) is 1. The number of benzene rings is 1. The third-order valence-corrected chi connectivity index (χ3v) is 5.55. The number of rotatable bonds is 4. The Morgan fingerprint density at radius 3 is 2.91 bits per heavy atom. The molecule has 5 nitrogen and oxygen atoms in total. The van der Waals surface area contributed by atoms with Gasteiger partial charge in [-0.25, -0.2) is 26.9 Å². The van der Waals surface area contributed by atoms with Crippen molar-refractivity contribution < 1.29 is 17.2 Å². The lowest BCUT2D eigenvalue weighted by Gasteiger charge is -2.23. The van der Waals surface area contributed by atoms with E-state index in [1.165, 1.54) is 6.92 Å². The number of aromatic nitrogens is 2. The molecule has 1 aliphatic rings. The van der Waals surface area contributed by atoms with Crippen molar-refractivity contribution in [1.82, 2.24) is 14.3 Å². The summed E-state index contributed by atoms with van der Waals surface area (Å²) < 4.78 is 56.0. The Kier molecular flexibility index (Phi) is 4.20. The smallest absolute Gasteiger partial charge is 0.243 e. The summed E-state index contributed by atoms with van der Waals surface area (Å²) in [5.74, 6) is -0.825. The van der Waals surface area contributed by atoms with E-state index in [4.69, 9.17) is 0 Å². The van der Waals surface area contributed by atoms with E-state index in [0.29, 0.717) is 12.5 Å². The number of sulfonamides is 1. The maximum Gasteiger partial charge on any atom is 0.243 e. The van der Waals surface area contributed by atoms with Crippen molar-refractivity contribution in [3.63, 3.8) is 0 Å². The van der Waals surface area contributed by atoms with Gasteiger partial charge in [0.15, 0.2) is 0 Å². The van der Waals surface area contributed by atoms with Gasteiger partial charge in [-0.2, -0.15) is 0 Å². The number of aryl methyl sites for hydroxylation is 2. The van der Waals surface area contributed by atoms with Crippen LogP contribution in [0.1, 0.15) is 17.8 Å². The molecule has 0 aliphatic carbocycles. The van der Waals surface area contributed by atoms with Crippen molar-refractivity contribution >= 4 is 10.0 Å². The zero-order chi connectivity index (χ0) is 16.6. The first kappa shape index (κ1) is 16.1. The van der Waals surface area contributed by atoms with Crippen LogP contribution in [0.4, 0.5) is 8.78 Å². The van der Waals surface area contributed by atoms with Gasteiger partial charge in [0.2, 0.25) is 10.0 Å². The fourth-order valence-corrected chi connectivity index (χ4v) is 3.99. The van der Waals surface area contributed by atoms with Crippen molar-refractivity contribution in [3.05, 3.63) is 47.5 Å². The van der Waals surface area contributed by atoms with Gasteiger partial charge in [0.1, 0.15) is 22.4 Å². The molecule has 2 heterocycles. The third-order valence-electron chi connectivity index (χ3n) is 4.12. The van der Waals surface area contributed by atoms with E-state index < -0.39 is 26.6 Å². The van der Waals surface area contributed by atoms with Crippen molar-refractivity contribution in [1.29, 1.82) is 0 Å². The SMILES string of the molecule is Cc1cc(S(=O)(=O)NC[C@H]2CCn3ccnc3C2)c(F)cc1F. The molecule has 2 aromatic rings. The van der Waals surface area contributed by atoms with Crippen LogP contribution in [0.5, 0.6) is 0 Å². The lowest BCUT2D eigenvalue weighted by atomic mass is 9.98. The molecule has 1 aromatic carbocycles. The largest absolute Gasteiger partial charge is 0.335 e. The molecule has 0 bridgehead atoms. The number of fused-ring (bicyclic) bond motifs is 1. The highest BCUT2D eigenvalue weighted by molar-refractivity contribution is 7.89.